The summed E-state index contributed by atoms with van der Waals surface area (Å²) in [6.45, 7) is 0. The molecule has 2 aliphatic carbocycles. The van der Waals surface area contributed by atoms with Crippen LogP contribution in [0, 0.1) is 17.8 Å². The minimum Gasteiger partial charge on any atom is -0.179 e. The van der Waals surface area contributed by atoms with E-state index in [1.165, 1.54) is 19.3 Å². The molecule has 0 nitrogen and oxygen atoms in total. The molecule has 0 spiro atoms. The van der Waals surface area contributed by atoms with Crippen LogP contribution in [0.1, 0.15) is 25.7 Å². The van der Waals surface area contributed by atoms with Gasteiger partial charge < -0.3 is 0 Å². The molecule has 9 heavy (non-hydrogen) atoms. The van der Waals surface area contributed by atoms with Crippen molar-refractivity contribution < 1.29 is 0 Å². The van der Waals surface area contributed by atoms with Gasteiger partial charge in [0.2, 0.25) is 0 Å². The molecule has 2 fully saturated rings. The van der Waals surface area contributed by atoms with Crippen LogP contribution in [-0.4, -0.2) is 5.75 Å². The van der Waals surface area contributed by atoms with E-state index in [0.717, 1.165) is 23.5 Å². The maximum atomic E-state index is 4.32. The van der Waals surface area contributed by atoms with Crippen molar-refractivity contribution >= 4 is 12.6 Å². The van der Waals surface area contributed by atoms with Gasteiger partial charge in [-0.1, -0.05) is 0 Å². The zero-order valence-electron chi connectivity index (χ0n) is 5.71. The molecule has 0 radical (unpaired) electrons. The molecule has 0 N–H and O–H groups in total. The Morgan fingerprint density at radius 1 is 1.11 bits per heavy atom. The molecule has 0 aromatic rings. The van der Waals surface area contributed by atoms with Gasteiger partial charge in [-0.05, 0) is 49.2 Å². The quantitative estimate of drug-likeness (QED) is 0.534. The fourth-order valence-corrected chi connectivity index (χ4v) is 2.45. The summed E-state index contributed by atoms with van der Waals surface area (Å²) < 4.78 is 0. The molecular formula is C8H14S. The van der Waals surface area contributed by atoms with Crippen molar-refractivity contribution in [3.63, 3.8) is 0 Å². The van der Waals surface area contributed by atoms with Crippen LogP contribution in [0.3, 0.4) is 0 Å². The van der Waals surface area contributed by atoms with E-state index in [1.807, 2.05) is 0 Å². The van der Waals surface area contributed by atoms with Crippen molar-refractivity contribution in [2.75, 3.05) is 5.75 Å². The second-order valence-electron chi connectivity index (χ2n) is 3.62. The molecule has 1 heteroatoms. The molecule has 0 bridgehead atoms. The number of hydrogen-bond acceptors (Lipinski definition) is 1. The number of rotatable bonds is 1. The summed E-state index contributed by atoms with van der Waals surface area (Å²) in [6.07, 6.45) is 6.01. The van der Waals surface area contributed by atoms with E-state index in [9.17, 15) is 0 Å². The molecule has 0 aromatic carbocycles. The van der Waals surface area contributed by atoms with E-state index in [0.29, 0.717) is 0 Å². The lowest BCUT2D eigenvalue weighted by Gasteiger charge is -2.18. The summed E-state index contributed by atoms with van der Waals surface area (Å²) in [7, 11) is 0. The largest absolute Gasteiger partial charge is 0.179 e. The van der Waals surface area contributed by atoms with Crippen molar-refractivity contribution in [3.05, 3.63) is 0 Å². The predicted octanol–water partition coefficient (Wildman–Crippen LogP) is 2.35. The third-order valence-corrected chi connectivity index (χ3v) is 3.43. The summed E-state index contributed by atoms with van der Waals surface area (Å²) in [4.78, 5) is 0. The molecule has 0 unspecified atom stereocenters. The third-order valence-electron chi connectivity index (χ3n) is 2.91. The fourth-order valence-electron chi connectivity index (χ4n) is 2.11. The zero-order valence-corrected chi connectivity index (χ0v) is 6.61. The lowest BCUT2D eigenvalue weighted by Crippen LogP contribution is -2.09. The van der Waals surface area contributed by atoms with Crippen molar-refractivity contribution in [2.45, 2.75) is 25.7 Å². The van der Waals surface area contributed by atoms with Crippen LogP contribution in [0.15, 0.2) is 0 Å². The first-order chi connectivity index (χ1) is 4.40. The fraction of sp³-hybridized carbons (Fsp3) is 1.00. The summed E-state index contributed by atoms with van der Waals surface area (Å²) in [6, 6.07) is 0. The summed E-state index contributed by atoms with van der Waals surface area (Å²) >= 11 is 4.32. The van der Waals surface area contributed by atoms with Crippen molar-refractivity contribution in [3.8, 4) is 0 Å². The molecule has 2 aliphatic rings. The highest BCUT2D eigenvalue weighted by Gasteiger charge is 2.41. The van der Waals surface area contributed by atoms with Crippen molar-refractivity contribution in [1.82, 2.24) is 0 Å². The molecule has 0 aliphatic heterocycles. The highest BCUT2D eigenvalue weighted by molar-refractivity contribution is 7.80. The van der Waals surface area contributed by atoms with Crippen LogP contribution in [0.4, 0.5) is 0 Å². The third kappa shape index (κ3) is 1.12. The van der Waals surface area contributed by atoms with Gasteiger partial charge in [-0.3, -0.25) is 0 Å². The number of hydrogen-bond donors (Lipinski definition) is 1. The Hall–Kier alpha value is 0.350. The van der Waals surface area contributed by atoms with Crippen LogP contribution in [-0.2, 0) is 0 Å². The smallest absolute Gasteiger partial charge is 0.00694 e. The number of thiol groups is 1. The zero-order chi connectivity index (χ0) is 6.27. The van der Waals surface area contributed by atoms with Crippen LogP contribution < -0.4 is 0 Å². The van der Waals surface area contributed by atoms with Gasteiger partial charge in [-0.25, -0.2) is 0 Å². The maximum absolute atomic E-state index is 4.32. The standard InChI is InChI=1S/C8H14S/c9-5-6-1-2-7-4-8(7)3-6/h6-9H,1-5H2/t6-,7-,8-/m1/s1. The molecule has 52 valence electrons. The Morgan fingerprint density at radius 2 is 2.00 bits per heavy atom. The topological polar surface area (TPSA) is 0 Å². The van der Waals surface area contributed by atoms with Gasteiger partial charge in [0.1, 0.15) is 0 Å². The van der Waals surface area contributed by atoms with Gasteiger partial charge in [-0.2, -0.15) is 12.6 Å². The molecule has 0 saturated heterocycles. The monoisotopic (exact) mass is 142 g/mol. The highest BCUT2D eigenvalue weighted by Crippen LogP contribution is 2.51. The lowest BCUT2D eigenvalue weighted by atomic mass is 9.91. The van der Waals surface area contributed by atoms with Crippen molar-refractivity contribution in [1.29, 1.82) is 0 Å². The average molecular weight is 142 g/mol. The summed E-state index contributed by atoms with van der Waals surface area (Å²) in [5.74, 6) is 4.39. The minimum absolute atomic E-state index is 0.970. The first-order valence-corrected chi connectivity index (χ1v) is 4.64. The van der Waals surface area contributed by atoms with E-state index >= 15 is 0 Å². The van der Waals surface area contributed by atoms with Gasteiger partial charge in [0.25, 0.3) is 0 Å². The Bertz CT molecular complexity index is 111. The van der Waals surface area contributed by atoms with E-state index in [1.54, 1.807) is 6.42 Å². The van der Waals surface area contributed by atoms with Gasteiger partial charge >= 0.3 is 0 Å². The Kier molecular flexibility index (Phi) is 1.48. The van der Waals surface area contributed by atoms with E-state index in [2.05, 4.69) is 12.6 Å². The second-order valence-corrected chi connectivity index (χ2v) is 3.98. The van der Waals surface area contributed by atoms with Crippen LogP contribution in [0.2, 0.25) is 0 Å². The first-order valence-electron chi connectivity index (χ1n) is 4.01. The van der Waals surface area contributed by atoms with Gasteiger partial charge in [0, 0.05) is 0 Å². The van der Waals surface area contributed by atoms with E-state index < -0.39 is 0 Å². The molecule has 0 amide bonds. The first kappa shape index (κ1) is 6.09. The van der Waals surface area contributed by atoms with Gasteiger partial charge in [0.05, 0.1) is 0 Å². The molecule has 3 atom stereocenters. The van der Waals surface area contributed by atoms with E-state index in [-0.39, 0.29) is 0 Å². The summed E-state index contributed by atoms with van der Waals surface area (Å²) in [5, 5.41) is 0. The molecular weight excluding hydrogens is 128 g/mol. The SMILES string of the molecule is SC[C@@H]1CC[C@@H]2C[C@H]2C1. The van der Waals surface area contributed by atoms with Gasteiger partial charge in [-0.15, -0.1) is 0 Å². The van der Waals surface area contributed by atoms with E-state index in [4.69, 9.17) is 0 Å². The highest BCUT2D eigenvalue weighted by atomic mass is 32.1. The average Bonchev–Trinajstić information content (AvgIpc) is 2.64. The molecule has 2 saturated carbocycles. The van der Waals surface area contributed by atoms with Crippen molar-refractivity contribution in [2.24, 2.45) is 17.8 Å². The van der Waals surface area contributed by atoms with Crippen LogP contribution in [0.5, 0.6) is 0 Å². The Morgan fingerprint density at radius 3 is 2.67 bits per heavy atom. The summed E-state index contributed by atoms with van der Waals surface area (Å²) in [5.41, 5.74) is 0. The molecule has 0 aromatic heterocycles. The van der Waals surface area contributed by atoms with Crippen LogP contribution in [0.25, 0.3) is 0 Å². The Labute approximate surface area is 62.4 Å². The minimum atomic E-state index is 0.970. The maximum Gasteiger partial charge on any atom is -0.00694 e. The molecule has 2 rings (SSSR count). The number of fused-ring (bicyclic) bond motifs is 1. The molecule has 0 heterocycles. The second kappa shape index (κ2) is 2.19. The van der Waals surface area contributed by atoms with Gasteiger partial charge in [0.15, 0.2) is 0 Å². The van der Waals surface area contributed by atoms with Crippen LogP contribution >= 0.6 is 12.6 Å². The lowest BCUT2D eigenvalue weighted by molar-refractivity contribution is 0.374. The Balaban J connectivity index is 1.86. The predicted molar refractivity (Wildman–Crippen MR) is 42.8 cm³/mol. The normalized spacial score (nSPS) is 48.3.